The van der Waals surface area contributed by atoms with Gasteiger partial charge in [0.1, 0.15) is 23.0 Å². The highest BCUT2D eigenvalue weighted by Crippen LogP contribution is 2.43. The van der Waals surface area contributed by atoms with Crippen LogP contribution in [0.1, 0.15) is 11.1 Å². The van der Waals surface area contributed by atoms with Gasteiger partial charge in [0.05, 0.1) is 5.69 Å². The van der Waals surface area contributed by atoms with Crippen LogP contribution in [-0.2, 0) is 0 Å². The molecule has 0 N–H and O–H groups in total. The summed E-state index contributed by atoms with van der Waals surface area (Å²) in [6, 6.07) is 55.9. The number of anilines is 3. The third-order valence-electron chi connectivity index (χ3n) is 9.46. The van der Waals surface area contributed by atoms with Crippen LogP contribution in [-0.4, -0.2) is 6.71 Å². The van der Waals surface area contributed by atoms with Gasteiger partial charge in [-0.25, -0.2) is 0 Å². The molecule has 2 aliphatic heterocycles. The maximum atomic E-state index is 6.90. The van der Waals surface area contributed by atoms with Gasteiger partial charge >= 0.3 is 0 Å². The van der Waals surface area contributed by atoms with Gasteiger partial charge in [0.25, 0.3) is 6.71 Å². The number of rotatable bonds is 5. The quantitative estimate of drug-likeness (QED) is 0.180. The summed E-state index contributed by atoms with van der Waals surface area (Å²) in [6.45, 7) is 4.24. The molecule has 0 unspecified atom stereocenters. The summed E-state index contributed by atoms with van der Waals surface area (Å²) >= 11 is 0. The van der Waals surface area contributed by atoms with Gasteiger partial charge in [-0.2, -0.15) is 0 Å². The standard InChI is InChI=1S/C44H32BNO2/c1-29-11-9-17-35(23-29)46(36-18-10-12-30(2)24-36)37-27-42-44-43(28-37)48-41-26-34(32-15-7-4-8-16-32)20-22-39(41)45(44)38-21-19-33(25-40(38)47-42)31-13-5-3-6-14-31/h3-28H,1-2H3. The Labute approximate surface area is 281 Å². The molecule has 0 saturated heterocycles. The van der Waals surface area contributed by atoms with Gasteiger partial charge in [0.15, 0.2) is 0 Å². The molecule has 2 heterocycles. The maximum Gasteiger partial charge on any atom is 0.260 e. The van der Waals surface area contributed by atoms with Crippen molar-refractivity contribution in [1.82, 2.24) is 0 Å². The average molecular weight is 618 g/mol. The Morgan fingerprint density at radius 1 is 0.396 bits per heavy atom. The molecule has 3 nitrogen and oxygen atoms in total. The van der Waals surface area contributed by atoms with Crippen molar-refractivity contribution < 1.29 is 9.47 Å². The van der Waals surface area contributed by atoms with Crippen molar-refractivity contribution in [1.29, 1.82) is 0 Å². The zero-order chi connectivity index (χ0) is 32.2. The van der Waals surface area contributed by atoms with Crippen molar-refractivity contribution in [3.8, 4) is 45.3 Å². The van der Waals surface area contributed by atoms with Gasteiger partial charge in [0, 0.05) is 29.0 Å². The van der Waals surface area contributed by atoms with Crippen LogP contribution in [0, 0.1) is 13.8 Å². The number of hydrogen-bond donors (Lipinski definition) is 0. The zero-order valence-electron chi connectivity index (χ0n) is 26.9. The zero-order valence-corrected chi connectivity index (χ0v) is 26.9. The number of hydrogen-bond acceptors (Lipinski definition) is 3. The van der Waals surface area contributed by atoms with E-state index < -0.39 is 0 Å². The van der Waals surface area contributed by atoms with E-state index in [0.717, 1.165) is 78.7 Å². The summed E-state index contributed by atoms with van der Waals surface area (Å²) < 4.78 is 13.8. The minimum atomic E-state index is -0.0300. The molecule has 48 heavy (non-hydrogen) atoms. The van der Waals surface area contributed by atoms with Crippen molar-refractivity contribution in [2.45, 2.75) is 13.8 Å². The molecule has 0 radical (unpaired) electrons. The Kier molecular flexibility index (Phi) is 6.68. The molecule has 228 valence electrons. The molecular formula is C44H32BNO2. The van der Waals surface area contributed by atoms with E-state index in [4.69, 9.17) is 9.47 Å². The molecule has 0 spiro atoms. The van der Waals surface area contributed by atoms with Crippen LogP contribution in [0.25, 0.3) is 22.3 Å². The predicted octanol–water partition coefficient (Wildman–Crippen LogP) is 9.83. The summed E-state index contributed by atoms with van der Waals surface area (Å²) in [4.78, 5) is 2.30. The van der Waals surface area contributed by atoms with Gasteiger partial charge in [-0.3, -0.25) is 0 Å². The first-order valence-electron chi connectivity index (χ1n) is 16.4. The first-order chi connectivity index (χ1) is 23.6. The van der Waals surface area contributed by atoms with E-state index in [1.54, 1.807) is 0 Å². The molecule has 0 atom stereocenters. The molecule has 0 aromatic heterocycles. The number of fused-ring (bicyclic) bond motifs is 4. The molecule has 0 fully saturated rings. The lowest BCUT2D eigenvalue weighted by atomic mass is 9.34. The molecule has 7 aromatic rings. The highest BCUT2D eigenvalue weighted by molar-refractivity contribution is 6.98. The van der Waals surface area contributed by atoms with E-state index in [1.165, 1.54) is 11.1 Å². The maximum absolute atomic E-state index is 6.90. The molecule has 0 aliphatic carbocycles. The minimum Gasteiger partial charge on any atom is -0.458 e. The Morgan fingerprint density at radius 3 is 1.33 bits per heavy atom. The fourth-order valence-electron chi connectivity index (χ4n) is 7.21. The third-order valence-corrected chi connectivity index (χ3v) is 9.46. The number of nitrogens with zero attached hydrogens (tertiary/aromatic N) is 1. The Balaban J connectivity index is 1.26. The first kappa shape index (κ1) is 28.2. The van der Waals surface area contributed by atoms with Crippen molar-refractivity contribution in [2.75, 3.05) is 4.90 Å². The highest BCUT2D eigenvalue weighted by Gasteiger charge is 2.41. The van der Waals surface area contributed by atoms with Crippen LogP contribution in [0.15, 0.2) is 158 Å². The van der Waals surface area contributed by atoms with Gasteiger partial charge in [-0.05, 0) is 94.6 Å². The van der Waals surface area contributed by atoms with Crippen molar-refractivity contribution in [3.05, 3.63) is 169 Å². The van der Waals surface area contributed by atoms with Gasteiger partial charge < -0.3 is 14.4 Å². The van der Waals surface area contributed by atoms with Crippen LogP contribution in [0.3, 0.4) is 0 Å². The first-order valence-corrected chi connectivity index (χ1v) is 16.4. The summed E-state index contributed by atoms with van der Waals surface area (Å²) in [7, 11) is 0. The lowest BCUT2D eigenvalue weighted by Crippen LogP contribution is -2.57. The van der Waals surface area contributed by atoms with E-state index in [2.05, 4.69) is 176 Å². The second kappa shape index (κ2) is 11.4. The van der Waals surface area contributed by atoms with Crippen molar-refractivity contribution in [2.24, 2.45) is 0 Å². The third kappa shape index (κ3) is 4.85. The predicted molar refractivity (Wildman–Crippen MR) is 199 cm³/mol. The van der Waals surface area contributed by atoms with Crippen molar-refractivity contribution in [3.63, 3.8) is 0 Å². The summed E-state index contributed by atoms with van der Waals surface area (Å²) in [5, 5.41) is 0. The fraction of sp³-hybridized carbons (Fsp3) is 0.0455. The molecule has 2 aliphatic rings. The molecule has 9 rings (SSSR count). The van der Waals surface area contributed by atoms with E-state index in [1.807, 2.05) is 0 Å². The number of ether oxygens (including phenoxy) is 2. The van der Waals surface area contributed by atoms with Crippen LogP contribution >= 0.6 is 0 Å². The highest BCUT2D eigenvalue weighted by atomic mass is 16.5. The SMILES string of the molecule is Cc1cccc(N(c2cccc(C)c2)c2cc3c4c(c2)Oc2cc(-c5ccccc5)ccc2B4c2ccc(-c4ccccc4)cc2O3)c1. The Bertz CT molecular complexity index is 2170. The number of benzene rings is 7. The van der Waals surface area contributed by atoms with E-state index in [0.29, 0.717) is 0 Å². The smallest absolute Gasteiger partial charge is 0.260 e. The molecular weight excluding hydrogens is 585 g/mol. The Morgan fingerprint density at radius 2 is 0.875 bits per heavy atom. The van der Waals surface area contributed by atoms with Crippen LogP contribution in [0.5, 0.6) is 23.0 Å². The van der Waals surface area contributed by atoms with Crippen LogP contribution in [0.2, 0.25) is 0 Å². The fourth-order valence-corrected chi connectivity index (χ4v) is 7.21. The summed E-state index contributed by atoms with van der Waals surface area (Å²) in [6.07, 6.45) is 0. The molecule has 7 aromatic carbocycles. The second-order valence-electron chi connectivity index (χ2n) is 12.7. The lowest BCUT2D eigenvalue weighted by Gasteiger charge is -2.35. The van der Waals surface area contributed by atoms with Crippen molar-refractivity contribution >= 4 is 40.2 Å². The van der Waals surface area contributed by atoms with E-state index in [-0.39, 0.29) is 6.71 Å². The molecule has 4 heteroatoms. The minimum absolute atomic E-state index is 0.0300. The normalized spacial score (nSPS) is 12.2. The second-order valence-corrected chi connectivity index (χ2v) is 12.7. The van der Waals surface area contributed by atoms with Gasteiger partial charge in [0.2, 0.25) is 0 Å². The van der Waals surface area contributed by atoms with E-state index >= 15 is 0 Å². The monoisotopic (exact) mass is 617 g/mol. The van der Waals surface area contributed by atoms with Gasteiger partial charge in [-0.1, -0.05) is 109 Å². The molecule has 0 amide bonds. The topological polar surface area (TPSA) is 21.7 Å². The van der Waals surface area contributed by atoms with Crippen LogP contribution in [0.4, 0.5) is 17.1 Å². The largest absolute Gasteiger partial charge is 0.458 e. The van der Waals surface area contributed by atoms with Crippen LogP contribution < -0.4 is 30.8 Å². The van der Waals surface area contributed by atoms with Gasteiger partial charge in [-0.15, -0.1) is 0 Å². The average Bonchev–Trinajstić information content (AvgIpc) is 3.12. The Hall–Kier alpha value is -6.00. The molecule has 0 bridgehead atoms. The summed E-state index contributed by atoms with van der Waals surface area (Å²) in [5.74, 6) is 3.37. The molecule has 0 saturated carbocycles. The lowest BCUT2D eigenvalue weighted by molar-refractivity contribution is 0.465. The van der Waals surface area contributed by atoms with E-state index in [9.17, 15) is 0 Å². The summed E-state index contributed by atoms with van der Waals surface area (Å²) in [5.41, 5.74) is 13.4. The number of aryl methyl sites for hydroxylation is 2.